The number of rotatable bonds is 4. The maximum absolute atomic E-state index is 13.3. The van der Waals surface area contributed by atoms with E-state index in [4.69, 9.17) is 21.3 Å². The molecule has 1 N–H and O–H groups in total. The van der Waals surface area contributed by atoms with Crippen LogP contribution in [0.5, 0.6) is 5.75 Å². The van der Waals surface area contributed by atoms with Crippen molar-refractivity contribution in [2.45, 2.75) is 0 Å². The fourth-order valence-corrected chi connectivity index (χ4v) is 4.55. The van der Waals surface area contributed by atoms with Gasteiger partial charge in [0.1, 0.15) is 5.75 Å². The summed E-state index contributed by atoms with van der Waals surface area (Å²) in [5, 5.41) is 4.86. The fourth-order valence-electron chi connectivity index (χ4n) is 3.41. The van der Waals surface area contributed by atoms with E-state index in [0.29, 0.717) is 21.4 Å². The molecule has 5 nitrogen and oxygen atoms in total. The SMILES string of the molecule is COc1cccc(-c2cc(C(=O)Nc3nc4ccc(Cl)cc4s3)c3ccccc3n2)c1. The normalized spacial score (nSPS) is 11.0. The van der Waals surface area contributed by atoms with Crippen molar-refractivity contribution in [1.82, 2.24) is 9.97 Å². The van der Waals surface area contributed by atoms with Gasteiger partial charge < -0.3 is 4.74 Å². The molecule has 2 heterocycles. The first kappa shape index (κ1) is 19.5. The Morgan fingerprint density at radius 1 is 0.968 bits per heavy atom. The van der Waals surface area contributed by atoms with Gasteiger partial charge >= 0.3 is 0 Å². The molecule has 0 radical (unpaired) electrons. The molecule has 5 rings (SSSR count). The zero-order valence-corrected chi connectivity index (χ0v) is 18.0. The van der Waals surface area contributed by atoms with E-state index in [1.54, 1.807) is 19.2 Å². The second kappa shape index (κ2) is 7.98. The van der Waals surface area contributed by atoms with Crippen LogP contribution in [0.25, 0.3) is 32.4 Å². The Balaban J connectivity index is 1.57. The third-order valence-electron chi connectivity index (χ3n) is 4.90. The number of hydrogen-bond acceptors (Lipinski definition) is 5. The summed E-state index contributed by atoms with van der Waals surface area (Å²) in [5.74, 6) is 0.486. The van der Waals surface area contributed by atoms with Gasteiger partial charge in [0, 0.05) is 16.0 Å². The molecule has 3 aromatic carbocycles. The lowest BCUT2D eigenvalue weighted by Crippen LogP contribution is -2.13. The number of carbonyl (C=O) groups excluding carboxylic acids is 1. The number of thiazole rings is 1. The molecule has 0 saturated heterocycles. The number of hydrogen-bond donors (Lipinski definition) is 1. The second-order valence-electron chi connectivity index (χ2n) is 6.89. The molecule has 1 amide bonds. The van der Waals surface area contributed by atoms with Crippen molar-refractivity contribution >= 4 is 55.1 Å². The highest BCUT2D eigenvalue weighted by Gasteiger charge is 2.16. The molecule has 0 spiro atoms. The maximum atomic E-state index is 13.3. The Morgan fingerprint density at radius 2 is 1.84 bits per heavy atom. The van der Waals surface area contributed by atoms with Crippen molar-refractivity contribution in [3.8, 4) is 17.0 Å². The fraction of sp³-hybridized carbons (Fsp3) is 0.0417. The van der Waals surface area contributed by atoms with E-state index in [-0.39, 0.29) is 5.91 Å². The van der Waals surface area contributed by atoms with E-state index in [1.807, 2.05) is 60.7 Å². The van der Waals surface area contributed by atoms with Crippen molar-refractivity contribution in [3.63, 3.8) is 0 Å². The number of aromatic nitrogens is 2. The molecule has 5 aromatic rings. The van der Waals surface area contributed by atoms with Crippen LogP contribution in [0.4, 0.5) is 5.13 Å². The number of ether oxygens (including phenoxy) is 1. The Morgan fingerprint density at radius 3 is 2.71 bits per heavy atom. The van der Waals surface area contributed by atoms with Crippen molar-refractivity contribution in [3.05, 3.63) is 83.4 Å². The third-order valence-corrected chi connectivity index (χ3v) is 6.07. The summed E-state index contributed by atoms with van der Waals surface area (Å²) in [5.41, 5.74) is 3.62. The van der Waals surface area contributed by atoms with Gasteiger partial charge in [0.15, 0.2) is 5.13 Å². The first-order valence-corrected chi connectivity index (χ1v) is 10.7. The number of pyridine rings is 1. The summed E-state index contributed by atoms with van der Waals surface area (Å²) in [4.78, 5) is 22.5. The lowest BCUT2D eigenvalue weighted by Gasteiger charge is -2.10. The predicted octanol–water partition coefficient (Wildman–Crippen LogP) is 6.43. The molecule has 0 aliphatic carbocycles. The zero-order chi connectivity index (χ0) is 21.4. The molecule has 31 heavy (non-hydrogen) atoms. The smallest absolute Gasteiger partial charge is 0.258 e. The molecule has 0 saturated carbocycles. The minimum absolute atomic E-state index is 0.243. The highest BCUT2D eigenvalue weighted by molar-refractivity contribution is 7.22. The van der Waals surface area contributed by atoms with Crippen LogP contribution >= 0.6 is 22.9 Å². The summed E-state index contributed by atoms with van der Waals surface area (Å²) < 4.78 is 6.25. The topological polar surface area (TPSA) is 64.1 Å². The van der Waals surface area contributed by atoms with E-state index in [0.717, 1.165) is 32.4 Å². The monoisotopic (exact) mass is 445 g/mol. The molecule has 0 unspecified atom stereocenters. The molecule has 0 aliphatic heterocycles. The summed E-state index contributed by atoms with van der Waals surface area (Å²) in [6.45, 7) is 0. The number of methoxy groups -OCH3 is 1. The number of carbonyl (C=O) groups is 1. The number of nitrogens with zero attached hydrogens (tertiary/aromatic N) is 2. The summed E-state index contributed by atoms with van der Waals surface area (Å²) in [7, 11) is 1.62. The van der Waals surface area contributed by atoms with Gasteiger partial charge in [-0.3, -0.25) is 10.1 Å². The van der Waals surface area contributed by atoms with Crippen LogP contribution in [0.1, 0.15) is 10.4 Å². The quantitative estimate of drug-likeness (QED) is 0.346. The predicted molar refractivity (Wildman–Crippen MR) is 126 cm³/mol. The van der Waals surface area contributed by atoms with Crippen molar-refractivity contribution in [2.24, 2.45) is 0 Å². The Kier molecular flexibility index (Phi) is 5.02. The van der Waals surface area contributed by atoms with Gasteiger partial charge in [-0.15, -0.1) is 0 Å². The number of fused-ring (bicyclic) bond motifs is 2. The molecule has 7 heteroatoms. The molecule has 0 fully saturated rings. The summed E-state index contributed by atoms with van der Waals surface area (Å²) in [6, 6.07) is 22.5. The number of benzene rings is 3. The largest absolute Gasteiger partial charge is 0.497 e. The Labute approximate surface area is 187 Å². The molecule has 0 bridgehead atoms. The van der Waals surface area contributed by atoms with Crippen LogP contribution < -0.4 is 10.1 Å². The first-order valence-electron chi connectivity index (χ1n) is 9.52. The van der Waals surface area contributed by atoms with Crippen LogP contribution in [0.2, 0.25) is 5.02 Å². The number of amides is 1. The van der Waals surface area contributed by atoms with Gasteiger partial charge in [0.25, 0.3) is 5.91 Å². The summed E-state index contributed by atoms with van der Waals surface area (Å²) in [6.07, 6.45) is 0. The lowest BCUT2D eigenvalue weighted by molar-refractivity contribution is 0.102. The zero-order valence-electron chi connectivity index (χ0n) is 16.4. The first-order chi connectivity index (χ1) is 15.1. The third kappa shape index (κ3) is 3.83. The minimum atomic E-state index is -0.243. The van der Waals surface area contributed by atoms with Gasteiger partial charge in [-0.25, -0.2) is 9.97 Å². The van der Waals surface area contributed by atoms with Gasteiger partial charge in [0.05, 0.1) is 34.1 Å². The maximum Gasteiger partial charge on any atom is 0.258 e. The van der Waals surface area contributed by atoms with Crippen LogP contribution in [-0.2, 0) is 0 Å². The second-order valence-corrected chi connectivity index (χ2v) is 8.36. The van der Waals surface area contributed by atoms with Gasteiger partial charge in [0.2, 0.25) is 0 Å². The lowest BCUT2D eigenvalue weighted by atomic mass is 10.0. The van der Waals surface area contributed by atoms with Crippen molar-refractivity contribution < 1.29 is 9.53 Å². The number of halogens is 1. The Bertz CT molecular complexity index is 1450. The van der Waals surface area contributed by atoms with E-state index < -0.39 is 0 Å². The average molecular weight is 446 g/mol. The molecule has 0 atom stereocenters. The van der Waals surface area contributed by atoms with Crippen molar-refractivity contribution in [2.75, 3.05) is 12.4 Å². The highest BCUT2D eigenvalue weighted by atomic mass is 35.5. The number of anilines is 1. The van der Waals surface area contributed by atoms with E-state index in [1.165, 1.54) is 11.3 Å². The highest BCUT2D eigenvalue weighted by Crippen LogP contribution is 2.30. The van der Waals surface area contributed by atoms with E-state index in [9.17, 15) is 4.79 Å². The van der Waals surface area contributed by atoms with Gasteiger partial charge in [-0.05, 0) is 42.5 Å². The minimum Gasteiger partial charge on any atom is -0.497 e. The molecular formula is C24H16ClN3O2S. The van der Waals surface area contributed by atoms with E-state index >= 15 is 0 Å². The standard InChI is InChI=1S/C24H16ClN3O2S/c1-30-16-6-4-5-14(11-16)21-13-18(17-7-2-3-8-19(17)26-21)23(29)28-24-27-20-10-9-15(25)12-22(20)31-24/h2-13H,1H3,(H,27,28,29). The molecule has 152 valence electrons. The average Bonchev–Trinajstić information content (AvgIpc) is 3.19. The molecule has 2 aromatic heterocycles. The van der Waals surface area contributed by atoms with Gasteiger partial charge in [-0.1, -0.05) is 53.3 Å². The molecule has 0 aliphatic rings. The van der Waals surface area contributed by atoms with Gasteiger partial charge in [-0.2, -0.15) is 0 Å². The number of para-hydroxylation sites is 1. The van der Waals surface area contributed by atoms with Crippen molar-refractivity contribution in [1.29, 1.82) is 0 Å². The summed E-state index contributed by atoms with van der Waals surface area (Å²) >= 11 is 7.45. The van der Waals surface area contributed by atoms with Crippen LogP contribution in [0, 0.1) is 0 Å². The van der Waals surface area contributed by atoms with Crippen LogP contribution in [0.3, 0.4) is 0 Å². The van der Waals surface area contributed by atoms with Crippen LogP contribution in [0.15, 0.2) is 72.8 Å². The van der Waals surface area contributed by atoms with E-state index in [2.05, 4.69) is 10.3 Å². The number of nitrogens with one attached hydrogen (secondary N) is 1. The molecular weight excluding hydrogens is 430 g/mol. The van der Waals surface area contributed by atoms with Crippen LogP contribution in [-0.4, -0.2) is 23.0 Å². The Hall–Kier alpha value is -3.48.